The Bertz CT molecular complexity index is 403. The zero-order chi connectivity index (χ0) is 13.0. The number of nitrogens with two attached hydrogens (primary N) is 1. The largest absolute Gasteiger partial charge is 0.491 e. The summed E-state index contributed by atoms with van der Waals surface area (Å²) >= 11 is 0. The maximum atomic E-state index is 13.5. The molecule has 0 aliphatic carbocycles. The minimum Gasteiger partial charge on any atom is -0.491 e. The summed E-state index contributed by atoms with van der Waals surface area (Å²) in [5.41, 5.74) is 6.91. The van der Waals surface area contributed by atoms with E-state index in [1.54, 1.807) is 6.07 Å². The first-order valence-corrected chi connectivity index (χ1v) is 6.47. The van der Waals surface area contributed by atoms with Crippen molar-refractivity contribution in [3.8, 4) is 5.75 Å². The molecule has 0 radical (unpaired) electrons. The van der Waals surface area contributed by atoms with Gasteiger partial charge < -0.3 is 15.2 Å². The Balaban J connectivity index is 1.77. The minimum atomic E-state index is -0.393. The lowest BCUT2D eigenvalue weighted by molar-refractivity contribution is 0.0979. The number of anilines is 1. The van der Waals surface area contributed by atoms with E-state index >= 15 is 0 Å². The number of hydrogen-bond donors (Lipinski definition) is 1. The monoisotopic (exact) mass is 253 g/mol. The molecule has 1 saturated heterocycles. The van der Waals surface area contributed by atoms with Crippen molar-refractivity contribution in [3.63, 3.8) is 0 Å². The molecule has 1 atom stereocenters. The van der Waals surface area contributed by atoms with Crippen LogP contribution in [0.15, 0.2) is 12.1 Å². The Morgan fingerprint density at radius 3 is 3.06 bits per heavy atom. The van der Waals surface area contributed by atoms with Crippen LogP contribution in [-0.4, -0.2) is 19.3 Å². The fraction of sp³-hybridized carbons (Fsp3) is 0.571. The first kappa shape index (κ1) is 13.1. The molecule has 4 heteroatoms. The molecule has 1 unspecified atom stereocenters. The van der Waals surface area contributed by atoms with Gasteiger partial charge in [0, 0.05) is 18.4 Å². The molecule has 0 saturated carbocycles. The lowest BCUT2D eigenvalue weighted by Gasteiger charge is -2.11. The third-order valence-electron chi connectivity index (χ3n) is 3.27. The highest BCUT2D eigenvalue weighted by atomic mass is 19.1. The van der Waals surface area contributed by atoms with Gasteiger partial charge in [-0.25, -0.2) is 4.39 Å². The Labute approximate surface area is 107 Å². The molecule has 3 nitrogen and oxygen atoms in total. The Hall–Kier alpha value is -1.29. The second-order valence-electron chi connectivity index (χ2n) is 4.76. The van der Waals surface area contributed by atoms with Crippen molar-refractivity contribution in [2.75, 3.05) is 18.9 Å². The van der Waals surface area contributed by atoms with Crippen LogP contribution < -0.4 is 10.5 Å². The minimum absolute atomic E-state index is 0.286. The Morgan fingerprint density at radius 2 is 2.33 bits per heavy atom. The summed E-state index contributed by atoms with van der Waals surface area (Å²) in [7, 11) is 0. The van der Waals surface area contributed by atoms with Gasteiger partial charge >= 0.3 is 0 Å². The van der Waals surface area contributed by atoms with Gasteiger partial charge in [0.2, 0.25) is 0 Å². The van der Waals surface area contributed by atoms with Gasteiger partial charge in [0.25, 0.3) is 0 Å². The highest BCUT2D eigenvalue weighted by Crippen LogP contribution is 2.24. The van der Waals surface area contributed by atoms with Gasteiger partial charge in [-0.1, -0.05) is 0 Å². The summed E-state index contributed by atoms with van der Waals surface area (Å²) in [5.74, 6) is -0.107. The van der Waals surface area contributed by atoms with Crippen LogP contribution in [0.1, 0.15) is 31.2 Å². The highest BCUT2D eigenvalue weighted by molar-refractivity contribution is 5.50. The van der Waals surface area contributed by atoms with Crippen molar-refractivity contribution in [1.29, 1.82) is 0 Å². The number of nitrogen functional groups attached to an aromatic ring is 1. The standard InChI is InChI=1S/C14H20FNO2/c1-10-8-14(12(15)9-13(10)16)18-7-3-5-11-4-2-6-17-11/h8-9,11H,2-7,16H2,1H3. The summed E-state index contributed by atoms with van der Waals surface area (Å²) in [6.07, 6.45) is 4.52. The van der Waals surface area contributed by atoms with Gasteiger partial charge in [-0.05, 0) is 44.2 Å². The average molecular weight is 253 g/mol. The number of halogens is 1. The quantitative estimate of drug-likeness (QED) is 0.648. The van der Waals surface area contributed by atoms with Crippen molar-refractivity contribution < 1.29 is 13.9 Å². The number of hydrogen-bond acceptors (Lipinski definition) is 3. The summed E-state index contributed by atoms with van der Waals surface area (Å²) in [6, 6.07) is 2.96. The van der Waals surface area contributed by atoms with Crippen LogP contribution >= 0.6 is 0 Å². The predicted molar refractivity (Wildman–Crippen MR) is 69.3 cm³/mol. The highest BCUT2D eigenvalue weighted by Gasteiger charge is 2.15. The van der Waals surface area contributed by atoms with Crippen LogP contribution in [0.3, 0.4) is 0 Å². The number of ether oxygens (including phenoxy) is 2. The van der Waals surface area contributed by atoms with Gasteiger partial charge in [0.15, 0.2) is 11.6 Å². The summed E-state index contributed by atoms with van der Waals surface area (Å²) < 4.78 is 24.5. The molecular weight excluding hydrogens is 233 g/mol. The SMILES string of the molecule is Cc1cc(OCCCC2CCCO2)c(F)cc1N. The van der Waals surface area contributed by atoms with E-state index in [1.807, 2.05) is 6.92 Å². The molecular formula is C14H20FNO2. The van der Waals surface area contributed by atoms with E-state index in [0.717, 1.165) is 37.9 Å². The summed E-state index contributed by atoms with van der Waals surface area (Å²) in [6.45, 7) is 3.23. The average Bonchev–Trinajstić information content (AvgIpc) is 2.84. The van der Waals surface area contributed by atoms with Gasteiger partial charge in [0.1, 0.15) is 0 Å². The first-order chi connectivity index (χ1) is 8.66. The number of benzene rings is 1. The van der Waals surface area contributed by atoms with Gasteiger partial charge in [-0.15, -0.1) is 0 Å². The van der Waals surface area contributed by atoms with Crippen molar-refractivity contribution in [3.05, 3.63) is 23.5 Å². The molecule has 1 aliphatic heterocycles. The second-order valence-corrected chi connectivity index (χ2v) is 4.76. The van der Waals surface area contributed by atoms with Crippen LogP contribution in [0.4, 0.5) is 10.1 Å². The molecule has 0 aromatic heterocycles. The smallest absolute Gasteiger partial charge is 0.167 e. The van der Waals surface area contributed by atoms with E-state index in [4.69, 9.17) is 15.2 Å². The van der Waals surface area contributed by atoms with Crippen LogP contribution in [-0.2, 0) is 4.74 Å². The molecule has 2 rings (SSSR count). The lowest BCUT2D eigenvalue weighted by Crippen LogP contribution is -2.08. The summed E-state index contributed by atoms with van der Waals surface area (Å²) in [4.78, 5) is 0. The van der Waals surface area contributed by atoms with Crippen molar-refractivity contribution in [1.82, 2.24) is 0 Å². The molecule has 100 valence electrons. The van der Waals surface area contributed by atoms with Crippen LogP contribution in [0.5, 0.6) is 5.75 Å². The molecule has 18 heavy (non-hydrogen) atoms. The number of rotatable bonds is 5. The van der Waals surface area contributed by atoms with Crippen molar-refractivity contribution in [2.45, 2.75) is 38.7 Å². The van der Waals surface area contributed by atoms with Crippen molar-refractivity contribution in [2.24, 2.45) is 0 Å². The first-order valence-electron chi connectivity index (χ1n) is 6.47. The molecule has 0 amide bonds. The second kappa shape index (κ2) is 6.05. The van der Waals surface area contributed by atoms with E-state index in [0.29, 0.717) is 18.4 Å². The van der Waals surface area contributed by atoms with E-state index in [9.17, 15) is 4.39 Å². The van der Waals surface area contributed by atoms with Gasteiger partial charge in [-0.2, -0.15) is 0 Å². The van der Waals surface area contributed by atoms with E-state index in [1.165, 1.54) is 6.07 Å². The van der Waals surface area contributed by atoms with E-state index in [-0.39, 0.29) is 5.75 Å². The maximum Gasteiger partial charge on any atom is 0.167 e. The molecule has 1 aromatic carbocycles. The fourth-order valence-corrected chi connectivity index (χ4v) is 2.15. The van der Waals surface area contributed by atoms with Gasteiger partial charge in [0.05, 0.1) is 12.7 Å². The van der Waals surface area contributed by atoms with Crippen molar-refractivity contribution >= 4 is 5.69 Å². The van der Waals surface area contributed by atoms with Crippen LogP contribution in [0, 0.1) is 12.7 Å². The lowest BCUT2D eigenvalue weighted by atomic mass is 10.1. The molecule has 1 aliphatic rings. The van der Waals surface area contributed by atoms with Gasteiger partial charge in [-0.3, -0.25) is 0 Å². The Kier molecular flexibility index (Phi) is 4.42. The molecule has 1 fully saturated rings. The normalized spacial score (nSPS) is 19.1. The number of aryl methyl sites for hydroxylation is 1. The molecule has 0 bridgehead atoms. The van der Waals surface area contributed by atoms with Crippen LogP contribution in [0.25, 0.3) is 0 Å². The molecule has 2 N–H and O–H groups in total. The third kappa shape index (κ3) is 3.35. The molecule has 0 spiro atoms. The Morgan fingerprint density at radius 1 is 1.50 bits per heavy atom. The zero-order valence-electron chi connectivity index (χ0n) is 10.7. The van der Waals surface area contributed by atoms with Crippen LogP contribution in [0.2, 0.25) is 0 Å². The third-order valence-corrected chi connectivity index (χ3v) is 3.27. The van der Waals surface area contributed by atoms with E-state index < -0.39 is 5.82 Å². The fourth-order valence-electron chi connectivity index (χ4n) is 2.15. The van der Waals surface area contributed by atoms with E-state index in [2.05, 4.69) is 0 Å². The molecule has 1 heterocycles. The maximum absolute atomic E-state index is 13.5. The molecule has 1 aromatic rings. The topological polar surface area (TPSA) is 44.5 Å². The zero-order valence-corrected chi connectivity index (χ0v) is 10.7. The summed E-state index contributed by atoms with van der Waals surface area (Å²) in [5, 5.41) is 0. The predicted octanol–water partition coefficient (Wildman–Crippen LogP) is 3.05.